The molecule has 0 atom stereocenters. The van der Waals surface area contributed by atoms with E-state index in [0.29, 0.717) is 28.9 Å². The van der Waals surface area contributed by atoms with Crippen molar-refractivity contribution in [3.63, 3.8) is 0 Å². The molecule has 0 radical (unpaired) electrons. The van der Waals surface area contributed by atoms with Crippen molar-refractivity contribution in [2.75, 3.05) is 13.1 Å². The van der Waals surface area contributed by atoms with Gasteiger partial charge >= 0.3 is 0 Å². The maximum Gasteiger partial charge on any atom is 0.252 e. The van der Waals surface area contributed by atoms with Crippen molar-refractivity contribution in [3.8, 4) is 0 Å². The molecule has 1 aliphatic rings. The summed E-state index contributed by atoms with van der Waals surface area (Å²) in [7, 11) is -3.34. The summed E-state index contributed by atoms with van der Waals surface area (Å²) in [6, 6.07) is 10.8. The molecule has 0 amide bonds. The zero-order valence-corrected chi connectivity index (χ0v) is 13.5. The standard InChI is InChI=1S/C14H14ClNO3S2/c15-13-5-2-1-4-11(13)10-19-12-8-16(9-12)21(17,18)14-6-3-7-20-14/h1-7,12H,8-10H2. The third-order valence-corrected chi connectivity index (χ3v) is 6.91. The third-order valence-electron chi connectivity index (χ3n) is 3.34. The predicted molar refractivity (Wildman–Crippen MR) is 83.1 cm³/mol. The van der Waals surface area contributed by atoms with E-state index in [4.69, 9.17) is 16.3 Å². The first-order valence-electron chi connectivity index (χ1n) is 6.46. The molecule has 7 heteroatoms. The first kappa shape index (κ1) is 15.0. The van der Waals surface area contributed by atoms with Crippen LogP contribution in [0, 0.1) is 0 Å². The minimum Gasteiger partial charge on any atom is -0.371 e. The van der Waals surface area contributed by atoms with Gasteiger partial charge in [-0.2, -0.15) is 4.31 Å². The summed E-state index contributed by atoms with van der Waals surface area (Å²) in [4.78, 5) is 0. The van der Waals surface area contributed by atoms with Crippen LogP contribution >= 0.6 is 22.9 Å². The molecule has 1 aromatic carbocycles. The van der Waals surface area contributed by atoms with Gasteiger partial charge in [0.2, 0.25) is 0 Å². The van der Waals surface area contributed by atoms with Crippen molar-refractivity contribution < 1.29 is 13.2 Å². The molecule has 0 saturated carbocycles. The van der Waals surface area contributed by atoms with E-state index in [1.807, 2.05) is 24.3 Å². The van der Waals surface area contributed by atoms with Crippen LogP contribution in [0.2, 0.25) is 5.02 Å². The highest BCUT2D eigenvalue weighted by Gasteiger charge is 2.37. The molecule has 1 aliphatic heterocycles. The second-order valence-electron chi connectivity index (χ2n) is 4.78. The number of rotatable bonds is 5. The van der Waals surface area contributed by atoms with E-state index in [-0.39, 0.29) is 6.10 Å². The number of halogens is 1. The minimum absolute atomic E-state index is 0.0731. The van der Waals surface area contributed by atoms with Crippen LogP contribution in [0.3, 0.4) is 0 Å². The quantitative estimate of drug-likeness (QED) is 0.838. The van der Waals surface area contributed by atoms with E-state index in [1.54, 1.807) is 17.5 Å². The van der Waals surface area contributed by atoms with Gasteiger partial charge in [-0.3, -0.25) is 0 Å². The summed E-state index contributed by atoms with van der Waals surface area (Å²) in [6.45, 7) is 1.19. The Bertz CT molecular complexity index is 710. The predicted octanol–water partition coefficient (Wildman–Crippen LogP) is 2.99. The first-order valence-corrected chi connectivity index (χ1v) is 9.16. The van der Waals surface area contributed by atoms with E-state index < -0.39 is 10.0 Å². The first-order chi connectivity index (χ1) is 10.1. The van der Waals surface area contributed by atoms with Gasteiger partial charge in [-0.1, -0.05) is 35.9 Å². The second kappa shape index (κ2) is 6.06. The molecule has 3 rings (SSSR count). The highest BCUT2D eigenvalue weighted by molar-refractivity contribution is 7.91. The number of ether oxygens (including phenoxy) is 1. The van der Waals surface area contributed by atoms with E-state index >= 15 is 0 Å². The Morgan fingerprint density at radius 1 is 1.24 bits per heavy atom. The lowest BCUT2D eigenvalue weighted by atomic mass is 10.2. The van der Waals surface area contributed by atoms with Crippen LogP contribution in [0.4, 0.5) is 0 Å². The lowest BCUT2D eigenvalue weighted by Gasteiger charge is -2.37. The van der Waals surface area contributed by atoms with Crippen LogP contribution in [0.5, 0.6) is 0 Å². The molecule has 0 N–H and O–H groups in total. The maximum atomic E-state index is 12.2. The zero-order chi connectivity index (χ0) is 14.9. The van der Waals surface area contributed by atoms with Crippen molar-refractivity contribution in [1.82, 2.24) is 4.31 Å². The van der Waals surface area contributed by atoms with Crippen molar-refractivity contribution >= 4 is 33.0 Å². The zero-order valence-electron chi connectivity index (χ0n) is 11.1. The van der Waals surface area contributed by atoms with Gasteiger partial charge in [0, 0.05) is 18.1 Å². The Morgan fingerprint density at radius 3 is 2.67 bits per heavy atom. The molecule has 1 aromatic heterocycles. The SMILES string of the molecule is O=S(=O)(c1cccs1)N1CC(OCc2ccccc2Cl)C1. The highest BCUT2D eigenvalue weighted by Crippen LogP contribution is 2.27. The van der Waals surface area contributed by atoms with Crippen LogP contribution in [-0.2, 0) is 21.4 Å². The summed E-state index contributed by atoms with van der Waals surface area (Å²) < 4.78 is 31.9. The van der Waals surface area contributed by atoms with Gasteiger partial charge < -0.3 is 4.74 Å². The smallest absolute Gasteiger partial charge is 0.252 e. The van der Waals surface area contributed by atoms with Crippen molar-refractivity contribution in [2.45, 2.75) is 16.9 Å². The summed E-state index contributed by atoms with van der Waals surface area (Å²) in [5.74, 6) is 0. The van der Waals surface area contributed by atoms with Gasteiger partial charge in [0.25, 0.3) is 10.0 Å². The number of thiophene rings is 1. The molecule has 0 spiro atoms. The molecule has 1 saturated heterocycles. The van der Waals surface area contributed by atoms with Gasteiger partial charge in [-0.25, -0.2) is 8.42 Å². The summed E-state index contributed by atoms with van der Waals surface area (Å²) in [6.07, 6.45) is -0.0731. The van der Waals surface area contributed by atoms with E-state index in [1.165, 1.54) is 15.6 Å². The molecule has 0 aliphatic carbocycles. The van der Waals surface area contributed by atoms with E-state index in [2.05, 4.69) is 0 Å². The Hall–Kier alpha value is -0.920. The average Bonchev–Trinajstić information content (AvgIpc) is 2.93. The number of nitrogens with zero attached hydrogens (tertiary/aromatic N) is 1. The minimum atomic E-state index is -3.34. The fourth-order valence-corrected chi connectivity index (χ4v) is 4.90. The summed E-state index contributed by atoms with van der Waals surface area (Å²) in [5.41, 5.74) is 0.915. The monoisotopic (exact) mass is 343 g/mol. The third kappa shape index (κ3) is 3.14. The average molecular weight is 344 g/mol. The van der Waals surface area contributed by atoms with Crippen molar-refractivity contribution in [2.24, 2.45) is 0 Å². The molecule has 2 aromatic rings. The van der Waals surface area contributed by atoms with Gasteiger partial charge in [0.15, 0.2) is 0 Å². The van der Waals surface area contributed by atoms with Gasteiger partial charge in [-0.05, 0) is 23.1 Å². The summed E-state index contributed by atoms with van der Waals surface area (Å²) >= 11 is 7.29. The van der Waals surface area contributed by atoms with E-state index in [0.717, 1.165) is 5.56 Å². The lowest BCUT2D eigenvalue weighted by Crippen LogP contribution is -2.54. The van der Waals surface area contributed by atoms with Crippen LogP contribution < -0.4 is 0 Å². The molecule has 0 bridgehead atoms. The maximum absolute atomic E-state index is 12.2. The lowest BCUT2D eigenvalue weighted by molar-refractivity contribution is -0.0294. The van der Waals surface area contributed by atoms with Crippen LogP contribution in [-0.4, -0.2) is 31.9 Å². The number of sulfonamides is 1. The van der Waals surface area contributed by atoms with Gasteiger partial charge in [0.05, 0.1) is 12.7 Å². The largest absolute Gasteiger partial charge is 0.371 e. The Kier molecular flexibility index (Phi) is 4.33. The number of benzene rings is 1. The number of hydrogen-bond donors (Lipinski definition) is 0. The molecule has 0 unspecified atom stereocenters. The molecular weight excluding hydrogens is 330 g/mol. The fraction of sp³-hybridized carbons (Fsp3) is 0.286. The normalized spacial score (nSPS) is 16.8. The van der Waals surface area contributed by atoms with Gasteiger partial charge in [-0.15, -0.1) is 11.3 Å². The van der Waals surface area contributed by atoms with Crippen molar-refractivity contribution in [3.05, 3.63) is 52.4 Å². The van der Waals surface area contributed by atoms with Crippen LogP contribution in [0.15, 0.2) is 46.0 Å². The van der Waals surface area contributed by atoms with Crippen LogP contribution in [0.25, 0.3) is 0 Å². The Morgan fingerprint density at radius 2 is 2.00 bits per heavy atom. The number of hydrogen-bond acceptors (Lipinski definition) is 4. The fourth-order valence-electron chi connectivity index (χ4n) is 2.06. The van der Waals surface area contributed by atoms with E-state index in [9.17, 15) is 8.42 Å². The Labute approximate surface area is 133 Å². The molecule has 4 nitrogen and oxygen atoms in total. The van der Waals surface area contributed by atoms with Gasteiger partial charge in [0.1, 0.15) is 4.21 Å². The van der Waals surface area contributed by atoms with Crippen LogP contribution in [0.1, 0.15) is 5.56 Å². The van der Waals surface area contributed by atoms with Crippen molar-refractivity contribution in [1.29, 1.82) is 0 Å². The molecular formula is C14H14ClNO3S2. The highest BCUT2D eigenvalue weighted by atomic mass is 35.5. The topological polar surface area (TPSA) is 46.6 Å². The molecule has 112 valence electrons. The summed E-state index contributed by atoms with van der Waals surface area (Å²) in [5, 5.41) is 2.43. The Balaban J connectivity index is 1.54. The molecule has 21 heavy (non-hydrogen) atoms. The molecule has 1 fully saturated rings. The second-order valence-corrected chi connectivity index (χ2v) is 8.30. The molecule has 2 heterocycles.